The number of fused-ring (bicyclic) bond motifs is 1. The van der Waals surface area contributed by atoms with Gasteiger partial charge in [0.05, 0.1) is 6.61 Å². The van der Waals surface area contributed by atoms with Crippen molar-refractivity contribution in [2.45, 2.75) is 27.3 Å². The first-order chi connectivity index (χ1) is 7.13. The molecule has 0 unspecified atom stereocenters. The molecule has 1 heterocycles. The topological polar surface area (TPSA) is 25.2 Å². The van der Waals surface area contributed by atoms with Gasteiger partial charge < -0.3 is 9.67 Å². The fourth-order valence-corrected chi connectivity index (χ4v) is 2.35. The molecule has 1 aromatic carbocycles. The number of hydrogen-bond acceptors (Lipinski definition) is 1. The van der Waals surface area contributed by atoms with Crippen molar-refractivity contribution in [1.29, 1.82) is 0 Å². The Bertz CT molecular complexity index is 497. The van der Waals surface area contributed by atoms with Crippen molar-refractivity contribution in [1.82, 2.24) is 4.57 Å². The highest BCUT2D eigenvalue weighted by molar-refractivity contribution is 5.87. The van der Waals surface area contributed by atoms with E-state index in [0.29, 0.717) is 6.54 Å². The number of benzene rings is 1. The molecule has 2 nitrogen and oxygen atoms in total. The predicted octanol–water partition coefficient (Wildman–Crippen LogP) is 2.56. The van der Waals surface area contributed by atoms with Gasteiger partial charge in [-0.25, -0.2) is 0 Å². The van der Waals surface area contributed by atoms with Gasteiger partial charge in [-0.3, -0.25) is 0 Å². The van der Waals surface area contributed by atoms with E-state index in [1.165, 1.54) is 27.6 Å². The van der Waals surface area contributed by atoms with E-state index in [9.17, 15) is 0 Å². The van der Waals surface area contributed by atoms with Crippen molar-refractivity contribution in [3.8, 4) is 0 Å². The van der Waals surface area contributed by atoms with Crippen LogP contribution in [0.1, 0.15) is 16.7 Å². The fraction of sp³-hybridized carbons (Fsp3) is 0.385. The standard InChI is InChI=1S/C13H17NO/c1-9-6-10(2)13-11(3)8-14(4-5-15)12(13)7-9/h6-8,15H,4-5H2,1-3H3. The lowest BCUT2D eigenvalue weighted by atomic mass is 10.1. The molecule has 0 atom stereocenters. The molecule has 2 heteroatoms. The van der Waals surface area contributed by atoms with E-state index >= 15 is 0 Å². The maximum atomic E-state index is 9.01. The van der Waals surface area contributed by atoms with Gasteiger partial charge in [0.25, 0.3) is 0 Å². The zero-order chi connectivity index (χ0) is 11.0. The smallest absolute Gasteiger partial charge is 0.0610 e. The summed E-state index contributed by atoms with van der Waals surface area (Å²) >= 11 is 0. The molecule has 1 aromatic heterocycles. The summed E-state index contributed by atoms with van der Waals surface area (Å²) in [7, 11) is 0. The van der Waals surface area contributed by atoms with Crippen molar-refractivity contribution >= 4 is 10.9 Å². The Balaban J connectivity index is 2.75. The van der Waals surface area contributed by atoms with Gasteiger partial charge in [-0.2, -0.15) is 0 Å². The summed E-state index contributed by atoms with van der Waals surface area (Å²) in [6.45, 7) is 7.24. The zero-order valence-corrected chi connectivity index (χ0v) is 9.54. The molecule has 0 bridgehead atoms. The summed E-state index contributed by atoms with van der Waals surface area (Å²) in [5, 5.41) is 10.3. The van der Waals surface area contributed by atoms with Crippen LogP contribution >= 0.6 is 0 Å². The second-order valence-electron chi connectivity index (χ2n) is 4.21. The third-order valence-electron chi connectivity index (χ3n) is 2.85. The maximum absolute atomic E-state index is 9.01. The Labute approximate surface area is 90.2 Å². The van der Waals surface area contributed by atoms with E-state index < -0.39 is 0 Å². The van der Waals surface area contributed by atoms with Crippen LogP contribution in [0.5, 0.6) is 0 Å². The van der Waals surface area contributed by atoms with Crippen molar-refractivity contribution < 1.29 is 5.11 Å². The number of rotatable bonds is 2. The van der Waals surface area contributed by atoms with Gasteiger partial charge in [0, 0.05) is 23.6 Å². The predicted molar refractivity (Wildman–Crippen MR) is 63.2 cm³/mol. The van der Waals surface area contributed by atoms with Crippen LogP contribution in [0.3, 0.4) is 0 Å². The van der Waals surface area contributed by atoms with E-state index in [4.69, 9.17) is 5.11 Å². The minimum atomic E-state index is 0.191. The maximum Gasteiger partial charge on any atom is 0.0610 e. The molecule has 0 fully saturated rings. The summed E-state index contributed by atoms with van der Waals surface area (Å²) in [5.41, 5.74) is 5.12. The average Bonchev–Trinajstić information content (AvgIpc) is 2.43. The van der Waals surface area contributed by atoms with Gasteiger partial charge in [-0.15, -0.1) is 0 Å². The highest BCUT2D eigenvalue weighted by atomic mass is 16.3. The van der Waals surface area contributed by atoms with E-state index in [-0.39, 0.29) is 6.61 Å². The van der Waals surface area contributed by atoms with Gasteiger partial charge in [0.15, 0.2) is 0 Å². The third-order valence-corrected chi connectivity index (χ3v) is 2.85. The van der Waals surface area contributed by atoms with E-state index in [1.54, 1.807) is 0 Å². The zero-order valence-electron chi connectivity index (χ0n) is 9.54. The van der Waals surface area contributed by atoms with E-state index in [1.807, 2.05) is 0 Å². The minimum absolute atomic E-state index is 0.191. The molecule has 0 saturated carbocycles. The molecule has 0 radical (unpaired) electrons. The van der Waals surface area contributed by atoms with Gasteiger partial charge in [0.2, 0.25) is 0 Å². The SMILES string of the molecule is Cc1cc(C)c2c(C)cn(CCO)c2c1. The summed E-state index contributed by atoms with van der Waals surface area (Å²) in [5.74, 6) is 0. The van der Waals surface area contributed by atoms with Crippen molar-refractivity contribution in [2.75, 3.05) is 6.61 Å². The molecule has 0 aliphatic rings. The molecular formula is C13H17NO. The molecule has 2 rings (SSSR count). The molecule has 2 aromatic rings. The van der Waals surface area contributed by atoms with Crippen LogP contribution in [0, 0.1) is 20.8 Å². The van der Waals surface area contributed by atoms with Crippen LogP contribution in [0.15, 0.2) is 18.3 Å². The lowest BCUT2D eigenvalue weighted by molar-refractivity contribution is 0.278. The average molecular weight is 203 g/mol. The van der Waals surface area contributed by atoms with Crippen molar-refractivity contribution in [3.63, 3.8) is 0 Å². The summed E-state index contributed by atoms with van der Waals surface area (Å²) in [4.78, 5) is 0. The summed E-state index contributed by atoms with van der Waals surface area (Å²) in [6, 6.07) is 4.39. The normalized spacial score (nSPS) is 11.2. The Hall–Kier alpha value is -1.28. The number of aliphatic hydroxyl groups is 1. The van der Waals surface area contributed by atoms with Crippen LogP contribution in [0.25, 0.3) is 10.9 Å². The second kappa shape index (κ2) is 3.70. The molecule has 80 valence electrons. The highest BCUT2D eigenvalue weighted by Gasteiger charge is 2.07. The number of hydrogen-bond donors (Lipinski definition) is 1. The van der Waals surface area contributed by atoms with Crippen LogP contribution in [-0.4, -0.2) is 16.3 Å². The summed E-state index contributed by atoms with van der Waals surface area (Å²) in [6.07, 6.45) is 2.12. The first kappa shape index (κ1) is 10.2. The molecule has 0 spiro atoms. The molecule has 1 N–H and O–H groups in total. The lowest BCUT2D eigenvalue weighted by Gasteiger charge is -2.05. The van der Waals surface area contributed by atoms with E-state index in [2.05, 4.69) is 43.7 Å². The Morgan fingerprint density at radius 1 is 1.13 bits per heavy atom. The van der Waals surface area contributed by atoms with Gasteiger partial charge in [-0.05, 0) is 43.5 Å². The van der Waals surface area contributed by atoms with Gasteiger partial charge >= 0.3 is 0 Å². The van der Waals surface area contributed by atoms with Crippen molar-refractivity contribution in [2.24, 2.45) is 0 Å². The monoisotopic (exact) mass is 203 g/mol. The molecule has 0 saturated heterocycles. The van der Waals surface area contributed by atoms with Crippen LogP contribution in [0.2, 0.25) is 0 Å². The van der Waals surface area contributed by atoms with Crippen LogP contribution < -0.4 is 0 Å². The first-order valence-corrected chi connectivity index (χ1v) is 5.31. The largest absolute Gasteiger partial charge is 0.395 e. The van der Waals surface area contributed by atoms with Crippen LogP contribution in [-0.2, 0) is 6.54 Å². The fourth-order valence-electron chi connectivity index (χ4n) is 2.35. The number of aromatic nitrogens is 1. The molecule has 15 heavy (non-hydrogen) atoms. The highest BCUT2D eigenvalue weighted by Crippen LogP contribution is 2.25. The Kier molecular flexibility index (Phi) is 2.53. The first-order valence-electron chi connectivity index (χ1n) is 5.31. The third kappa shape index (κ3) is 1.65. The molecule has 0 aliphatic carbocycles. The minimum Gasteiger partial charge on any atom is -0.395 e. The van der Waals surface area contributed by atoms with Crippen LogP contribution in [0.4, 0.5) is 0 Å². The Morgan fingerprint density at radius 3 is 2.53 bits per heavy atom. The lowest BCUT2D eigenvalue weighted by Crippen LogP contribution is -2.00. The number of aliphatic hydroxyl groups excluding tert-OH is 1. The van der Waals surface area contributed by atoms with Gasteiger partial charge in [0.1, 0.15) is 0 Å². The molecular weight excluding hydrogens is 186 g/mol. The van der Waals surface area contributed by atoms with Gasteiger partial charge in [-0.1, -0.05) is 6.07 Å². The summed E-state index contributed by atoms with van der Waals surface area (Å²) < 4.78 is 2.13. The Morgan fingerprint density at radius 2 is 1.87 bits per heavy atom. The number of aryl methyl sites for hydroxylation is 3. The van der Waals surface area contributed by atoms with E-state index in [0.717, 1.165) is 0 Å². The van der Waals surface area contributed by atoms with Crippen molar-refractivity contribution in [3.05, 3.63) is 35.0 Å². The molecule has 0 amide bonds. The quantitative estimate of drug-likeness (QED) is 0.797. The molecule has 0 aliphatic heterocycles. The second-order valence-corrected chi connectivity index (χ2v) is 4.21. The number of nitrogens with zero attached hydrogens (tertiary/aromatic N) is 1.